The molecule has 0 spiro atoms. The highest BCUT2D eigenvalue weighted by molar-refractivity contribution is 9.10. The molecule has 112 valence electrons. The third-order valence-corrected chi connectivity index (χ3v) is 3.68. The predicted molar refractivity (Wildman–Crippen MR) is 84.8 cm³/mol. The molecule has 1 rings (SSSR count). The highest BCUT2D eigenvalue weighted by Gasteiger charge is 2.18. The molecule has 0 bridgehead atoms. The fourth-order valence-electron chi connectivity index (χ4n) is 1.65. The Kier molecular flexibility index (Phi) is 6.02. The summed E-state index contributed by atoms with van der Waals surface area (Å²) in [5.74, 6) is 0.517. The van der Waals surface area contributed by atoms with E-state index in [1.165, 1.54) is 0 Å². The van der Waals surface area contributed by atoms with Crippen LogP contribution >= 0.6 is 15.9 Å². The molecular weight excluding hydrogens is 320 g/mol. The number of carbonyl (C=O) groups is 1. The highest BCUT2D eigenvalue weighted by atomic mass is 79.9. The minimum atomic E-state index is -0.218. The topological polar surface area (TPSA) is 64.3 Å². The largest absolute Gasteiger partial charge is 0.483 e. The fourth-order valence-corrected chi connectivity index (χ4v) is 2.03. The van der Waals surface area contributed by atoms with Gasteiger partial charge in [-0.2, -0.15) is 0 Å². The second kappa shape index (κ2) is 7.09. The van der Waals surface area contributed by atoms with Crippen LogP contribution in [0.1, 0.15) is 45.7 Å². The number of carbonyl (C=O) groups excluding carboxylic acids is 1. The van der Waals surface area contributed by atoms with Gasteiger partial charge in [0.1, 0.15) is 5.75 Å². The summed E-state index contributed by atoms with van der Waals surface area (Å²) < 4.78 is 6.53. The quantitative estimate of drug-likeness (QED) is 0.834. The maximum absolute atomic E-state index is 11.9. The van der Waals surface area contributed by atoms with E-state index in [-0.39, 0.29) is 24.1 Å². The first-order valence-corrected chi connectivity index (χ1v) is 7.53. The van der Waals surface area contributed by atoms with E-state index in [4.69, 9.17) is 10.5 Å². The van der Waals surface area contributed by atoms with Crippen molar-refractivity contribution in [2.75, 3.05) is 6.61 Å². The molecule has 1 atom stereocenters. The number of nitrogens with two attached hydrogens (primary N) is 1. The zero-order chi connectivity index (χ0) is 15.3. The Balaban J connectivity index is 2.68. The molecule has 1 aromatic rings. The summed E-state index contributed by atoms with van der Waals surface area (Å²) in [6.07, 6.45) is 0.863. The van der Waals surface area contributed by atoms with Crippen molar-refractivity contribution in [1.82, 2.24) is 5.32 Å². The second-order valence-electron chi connectivity index (χ2n) is 5.55. The Bertz CT molecular complexity index is 473. The lowest BCUT2D eigenvalue weighted by Gasteiger charge is -2.24. The lowest BCUT2D eigenvalue weighted by atomic mass is 10.0. The summed E-state index contributed by atoms with van der Waals surface area (Å²) in [5.41, 5.74) is 6.57. The van der Waals surface area contributed by atoms with E-state index >= 15 is 0 Å². The van der Waals surface area contributed by atoms with Gasteiger partial charge >= 0.3 is 0 Å². The Hall–Kier alpha value is -1.07. The minimum Gasteiger partial charge on any atom is -0.483 e. The summed E-state index contributed by atoms with van der Waals surface area (Å²) in [6, 6.07) is 5.45. The molecule has 0 saturated carbocycles. The normalized spacial score (nSPS) is 12.9. The molecular formula is C15H23BrN2O2. The smallest absolute Gasteiger partial charge is 0.258 e. The van der Waals surface area contributed by atoms with E-state index in [1.807, 2.05) is 45.9 Å². The van der Waals surface area contributed by atoms with E-state index in [1.54, 1.807) is 0 Å². The van der Waals surface area contributed by atoms with E-state index in [0.717, 1.165) is 16.5 Å². The molecule has 0 radical (unpaired) electrons. The average Bonchev–Trinajstić information content (AvgIpc) is 2.36. The van der Waals surface area contributed by atoms with E-state index in [2.05, 4.69) is 21.2 Å². The van der Waals surface area contributed by atoms with Gasteiger partial charge in [0.05, 0.1) is 0 Å². The SMILES string of the molecule is CCC(C)(C)NC(=O)COc1ccc(Br)cc1[C@@H](C)N. The van der Waals surface area contributed by atoms with Crippen LogP contribution in [-0.4, -0.2) is 18.1 Å². The molecule has 0 saturated heterocycles. The van der Waals surface area contributed by atoms with Gasteiger partial charge in [-0.05, 0) is 45.4 Å². The molecule has 0 heterocycles. The van der Waals surface area contributed by atoms with Crippen LogP contribution < -0.4 is 15.8 Å². The van der Waals surface area contributed by atoms with Crippen molar-refractivity contribution in [3.05, 3.63) is 28.2 Å². The molecule has 5 heteroatoms. The highest BCUT2D eigenvalue weighted by Crippen LogP contribution is 2.27. The molecule has 0 aliphatic carbocycles. The number of ether oxygens (including phenoxy) is 1. The fraction of sp³-hybridized carbons (Fsp3) is 0.533. The number of halogens is 1. The van der Waals surface area contributed by atoms with Crippen molar-refractivity contribution in [1.29, 1.82) is 0 Å². The van der Waals surface area contributed by atoms with Gasteiger partial charge in [-0.15, -0.1) is 0 Å². The van der Waals surface area contributed by atoms with Crippen molar-refractivity contribution in [3.8, 4) is 5.75 Å². The molecule has 0 aromatic heterocycles. The van der Waals surface area contributed by atoms with Crippen LogP contribution in [0.15, 0.2) is 22.7 Å². The van der Waals surface area contributed by atoms with Gasteiger partial charge in [0.15, 0.2) is 6.61 Å². The average molecular weight is 343 g/mol. The monoisotopic (exact) mass is 342 g/mol. The predicted octanol–water partition coefficient (Wildman–Crippen LogP) is 3.15. The standard InChI is InChI=1S/C15H23BrN2O2/c1-5-15(3,4)18-14(19)9-20-13-7-6-11(16)8-12(13)10(2)17/h6-8,10H,5,9,17H2,1-4H3,(H,18,19)/t10-/m1/s1. The first-order chi connectivity index (χ1) is 9.25. The summed E-state index contributed by atoms with van der Waals surface area (Å²) in [4.78, 5) is 11.9. The molecule has 0 aliphatic rings. The van der Waals surface area contributed by atoms with E-state index in [0.29, 0.717) is 5.75 Å². The number of benzene rings is 1. The van der Waals surface area contributed by atoms with Crippen molar-refractivity contribution in [2.45, 2.75) is 45.7 Å². The Morgan fingerprint density at radius 2 is 2.15 bits per heavy atom. The molecule has 1 amide bonds. The van der Waals surface area contributed by atoms with Crippen molar-refractivity contribution < 1.29 is 9.53 Å². The van der Waals surface area contributed by atoms with Crippen LogP contribution in [-0.2, 0) is 4.79 Å². The maximum Gasteiger partial charge on any atom is 0.258 e. The van der Waals surface area contributed by atoms with Gasteiger partial charge in [-0.25, -0.2) is 0 Å². The number of nitrogens with one attached hydrogen (secondary N) is 1. The Labute approximate surface area is 129 Å². The van der Waals surface area contributed by atoms with Crippen molar-refractivity contribution >= 4 is 21.8 Å². The minimum absolute atomic E-state index is 0.00914. The van der Waals surface area contributed by atoms with Crippen molar-refractivity contribution in [2.24, 2.45) is 5.73 Å². The van der Waals surface area contributed by atoms with Crippen LogP contribution in [0, 0.1) is 0 Å². The first kappa shape index (κ1) is 17.0. The van der Waals surface area contributed by atoms with Gasteiger partial charge in [0.2, 0.25) is 0 Å². The number of hydrogen-bond donors (Lipinski definition) is 2. The van der Waals surface area contributed by atoms with Gasteiger partial charge in [0, 0.05) is 21.6 Å². The molecule has 1 aromatic carbocycles. The van der Waals surface area contributed by atoms with Crippen LogP contribution in [0.4, 0.5) is 0 Å². The number of amides is 1. The molecule has 3 N–H and O–H groups in total. The van der Waals surface area contributed by atoms with Crippen molar-refractivity contribution in [3.63, 3.8) is 0 Å². The third-order valence-electron chi connectivity index (χ3n) is 3.18. The van der Waals surface area contributed by atoms with E-state index in [9.17, 15) is 4.79 Å². The van der Waals surface area contributed by atoms with Gasteiger partial charge in [0.25, 0.3) is 5.91 Å². The molecule has 0 aliphatic heterocycles. The number of rotatable bonds is 6. The Morgan fingerprint density at radius 1 is 1.50 bits per heavy atom. The zero-order valence-corrected chi connectivity index (χ0v) is 14.1. The van der Waals surface area contributed by atoms with E-state index < -0.39 is 0 Å². The Morgan fingerprint density at radius 3 is 2.70 bits per heavy atom. The summed E-state index contributed by atoms with van der Waals surface area (Å²) in [7, 11) is 0. The zero-order valence-electron chi connectivity index (χ0n) is 12.5. The summed E-state index contributed by atoms with van der Waals surface area (Å²) in [5, 5.41) is 2.93. The first-order valence-electron chi connectivity index (χ1n) is 6.74. The van der Waals surface area contributed by atoms with Gasteiger partial charge in [-0.3, -0.25) is 4.79 Å². The summed E-state index contributed by atoms with van der Waals surface area (Å²) in [6.45, 7) is 7.87. The van der Waals surface area contributed by atoms with Crippen LogP contribution in [0.25, 0.3) is 0 Å². The van der Waals surface area contributed by atoms with Gasteiger partial charge < -0.3 is 15.8 Å². The molecule has 20 heavy (non-hydrogen) atoms. The van der Waals surface area contributed by atoms with Crippen LogP contribution in [0.3, 0.4) is 0 Å². The molecule has 0 unspecified atom stereocenters. The van der Waals surface area contributed by atoms with Crippen LogP contribution in [0.5, 0.6) is 5.75 Å². The lowest BCUT2D eigenvalue weighted by molar-refractivity contribution is -0.124. The van der Waals surface area contributed by atoms with Gasteiger partial charge in [-0.1, -0.05) is 22.9 Å². The lowest BCUT2D eigenvalue weighted by Crippen LogP contribution is -2.44. The molecule has 4 nitrogen and oxygen atoms in total. The molecule has 0 fully saturated rings. The van der Waals surface area contributed by atoms with Crippen LogP contribution in [0.2, 0.25) is 0 Å². The second-order valence-corrected chi connectivity index (χ2v) is 6.46. The maximum atomic E-state index is 11.9. The number of hydrogen-bond acceptors (Lipinski definition) is 3. The third kappa shape index (κ3) is 5.13. The summed E-state index contributed by atoms with van der Waals surface area (Å²) >= 11 is 3.40.